The SMILES string of the molecule is C[C@@H](N)[C@@H](O)c1ccc(O)c(O)c1. The summed E-state index contributed by atoms with van der Waals surface area (Å²) in [6.45, 7) is 1.66. The Morgan fingerprint density at radius 1 is 1.23 bits per heavy atom. The lowest BCUT2D eigenvalue weighted by Gasteiger charge is -2.14. The van der Waals surface area contributed by atoms with Crippen LogP contribution in [-0.2, 0) is 0 Å². The van der Waals surface area contributed by atoms with Crippen LogP contribution in [0.4, 0.5) is 0 Å². The van der Waals surface area contributed by atoms with E-state index in [1.807, 2.05) is 0 Å². The van der Waals surface area contributed by atoms with Gasteiger partial charge in [0.2, 0.25) is 0 Å². The number of rotatable bonds is 2. The maximum absolute atomic E-state index is 9.50. The smallest absolute Gasteiger partial charge is 0.157 e. The summed E-state index contributed by atoms with van der Waals surface area (Å²) >= 11 is 0. The van der Waals surface area contributed by atoms with E-state index in [0.717, 1.165) is 0 Å². The second-order valence-electron chi connectivity index (χ2n) is 3.05. The van der Waals surface area contributed by atoms with Crippen LogP contribution < -0.4 is 5.73 Å². The van der Waals surface area contributed by atoms with Crippen molar-refractivity contribution >= 4 is 0 Å². The molecular formula is C9H13NO3. The number of hydrogen-bond acceptors (Lipinski definition) is 4. The van der Waals surface area contributed by atoms with Gasteiger partial charge in [-0.2, -0.15) is 0 Å². The first kappa shape index (κ1) is 9.83. The molecule has 1 rings (SSSR count). The zero-order valence-electron chi connectivity index (χ0n) is 7.31. The van der Waals surface area contributed by atoms with Crippen molar-refractivity contribution in [3.8, 4) is 11.5 Å². The molecule has 0 aliphatic heterocycles. The third-order valence-corrected chi connectivity index (χ3v) is 1.84. The number of aliphatic hydroxyl groups excluding tert-OH is 1. The van der Waals surface area contributed by atoms with Gasteiger partial charge >= 0.3 is 0 Å². The van der Waals surface area contributed by atoms with Crippen LogP contribution in [0, 0.1) is 0 Å². The summed E-state index contributed by atoms with van der Waals surface area (Å²) in [4.78, 5) is 0. The van der Waals surface area contributed by atoms with Gasteiger partial charge in [-0.15, -0.1) is 0 Å². The number of phenolic OH excluding ortho intramolecular Hbond substituents is 2. The Bertz CT molecular complexity index is 299. The third-order valence-electron chi connectivity index (χ3n) is 1.84. The second-order valence-corrected chi connectivity index (χ2v) is 3.05. The minimum absolute atomic E-state index is 0.208. The van der Waals surface area contributed by atoms with Crippen LogP contribution in [0.2, 0.25) is 0 Å². The van der Waals surface area contributed by atoms with E-state index in [0.29, 0.717) is 5.56 Å². The molecule has 4 heteroatoms. The quantitative estimate of drug-likeness (QED) is 0.502. The minimum atomic E-state index is -0.827. The fourth-order valence-electron chi connectivity index (χ4n) is 1.03. The predicted octanol–water partition coefficient (Wildman–Crippen LogP) is 0.478. The molecule has 0 spiro atoms. The zero-order valence-corrected chi connectivity index (χ0v) is 7.31. The molecule has 1 aromatic carbocycles. The van der Waals surface area contributed by atoms with Crippen LogP contribution in [0.1, 0.15) is 18.6 Å². The first-order valence-corrected chi connectivity index (χ1v) is 3.98. The van der Waals surface area contributed by atoms with Crippen molar-refractivity contribution in [2.24, 2.45) is 5.73 Å². The molecule has 0 saturated carbocycles. The molecule has 0 aliphatic rings. The van der Waals surface area contributed by atoms with Crippen LogP contribution in [0.3, 0.4) is 0 Å². The van der Waals surface area contributed by atoms with Gasteiger partial charge in [0.1, 0.15) is 0 Å². The zero-order chi connectivity index (χ0) is 10.0. The average Bonchev–Trinajstić information content (AvgIpc) is 2.08. The number of nitrogens with two attached hydrogens (primary N) is 1. The summed E-state index contributed by atoms with van der Waals surface area (Å²) in [7, 11) is 0. The molecule has 0 aromatic heterocycles. The van der Waals surface area contributed by atoms with Crippen molar-refractivity contribution in [2.75, 3.05) is 0 Å². The monoisotopic (exact) mass is 183 g/mol. The van der Waals surface area contributed by atoms with E-state index in [4.69, 9.17) is 15.9 Å². The molecule has 5 N–H and O–H groups in total. The van der Waals surface area contributed by atoms with E-state index in [-0.39, 0.29) is 11.5 Å². The van der Waals surface area contributed by atoms with Gasteiger partial charge in [0.15, 0.2) is 11.5 Å². The number of aromatic hydroxyl groups is 2. The summed E-state index contributed by atoms with van der Waals surface area (Å²) in [6, 6.07) is 3.71. The Morgan fingerprint density at radius 2 is 1.85 bits per heavy atom. The normalized spacial score (nSPS) is 15.3. The molecular weight excluding hydrogens is 170 g/mol. The van der Waals surface area contributed by atoms with Gasteiger partial charge in [-0.1, -0.05) is 6.07 Å². The van der Waals surface area contributed by atoms with Gasteiger partial charge in [0.25, 0.3) is 0 Å². The fourth-order valence-corrected chi connectivity index (χ4v) is 1.03. The van der Waals surface area contributed by atoms with E-state index < -0.39 is 12.1 Å². The van der Waals surface area contributed by atoms with Crippen LogP contribution in [0.15, 0.2) is 18.2 Å². The third kappa shape index (κ3) is 2.11. The molecule has 0 bridgehead atoms. The summed E-state index contributed by atoms with van der Waals surface area (Å²) < 4.78 is 0. The molecule has 0 radical (unpaired) electrons. The summed E-state index contributed by atoms with van der Waals surface area (Å²) in [6.07, 6.45) is -0.827. The molecule has 0 saturated heterocycles. The van der Waals surface area contributed by atoms with Crippen molar-refractivity contribution in [3.63, 3.8) is 0 Å². The predicted molar refractivity (Wildman–Crippen MR) is 48.4 cm³/mol. The molecule has 1 aromatic rings. The van der Waals surface area contributed by atoms with Crippen LogP contribution in [0.25, 0.3) is 0 Å². The van der Waals surface area contributed by atoms with Crippen molar-refractivity contribution in [1.29, 1.82) is 0 Å². The average molecular weight is 183 g/mol. The molecule has 0 heterocycles. The van der Waals surface area contributed by atoms with Gasteiger partial charge in [-0.25, -0.2) is 0 Å². The Kier molecular flexibility index (Phi) is 2.75. The lowest BCUT2D eigenvalue weighted by molar-refractivity contribution is 0.153. The highest BCUT2D eigenvalue weighted by atomic mass is 16.3. The highest BCUT2D eigenvalue weighted by Crippen LogP contribution is 2.28. The first-order valence-electron chi connectivity index (χ1n) is 3.98. The van der Waals surface area contributed by atoms with Crippen LogP contribution >= 0.6 is 0 Å². The number of phenols is 2. The van der Waals surface area contributed by atoms with Crippen molar-refractivity contribution in [2.45, 2.75) is 19.1 Å². The molecule has 0 amide bonds. The summed E-state index contributed by atoms with van der Waals surface area (Å²) in [5.74, 6) is -0.460. The lowest BCUT2D eigenvalue weighted by atomic mass is 10.0. The minimum Gasteiger partial charge on any atom is -0.504 e. The Balaban J connectivity index is 2.97. The van der Waals surface area contributed by atoms with Crippen LogP contribution in [-0.4, -0.2) is 21.4 Å². The first-order chi connectivity index (χ1) is 6.02. The molecule has 13 heavy (non-hydrogen) atoms. The van der Waals surface area contributed by atoms with Crippen molar-refractivity contribution in [3.05, 3.63) is 23.8 Å². The molecule has 2 atom stereocenters. The molecule has 0 fully saturated rings. The second kappa shape index (κ2) is 3.64. The van der Waals surface area contributed by atoms with Gasteiger partial charge < -0.3 is 21.1 Å². The van der Waals surface area contributed by atoms with E-state index in [1.165, 1.54) is 18.2 Å². The fraction of sp³-hybridized carbons (Fsp3) is 0.333. The van der Waals surface area contributed by atoms with Gasteiger partial charge in [-0.3, -0.25) is 0 Å². The maximum atomic E-state index is 9.50. The highest BCUT2D eigenvalue weighted by molar-refractivity contribution is 5.41. The molecule has 72 valence electrons. The van der Waals surface area contributed by atoms with E-state index in [9.17, 15) is 5.11 Å². The molecule has 4 nitrogen and oxygen atoms in total. The number of aliphatic hydroxyl groups is 1. The Morgan fingerprint density at radius 3 is 2.31 bits per heavy atom. The highest BCUT2D eigenvalue weighted by Gasteiger charge is 2.13. The number of benzene rings is 1. The van der Waals surface area contributed by atoms with Gasteiger partial charge in [0, 0.05) is 6.04 Å². The Labute approximate surface area is 76.2 Å². The summed E-state index contributed by atoms with van der Waals surface area (Å²) in [5, 5.41) is 27.6. The molecule has 0 aliphatic carbocycles. The lowest BCUT2D eigenvalue weighted by Crippen LogP contribution is -2.24. The van der Waals surface area contributed by atoms with Crippen LogP contribution in [0.5, 0.6) is 11.5 Å². The van der Waals surface area contributed by atoms with E-state index in [1.54, 1.807) is 6.92 Å². The van der Waals surface area contributed by atoms with Crippen molar-refractivity contribution < 1.29 is 15.3 Å². The number of hydrogen-bond donors (Lipinski definition) is 4. The molecule has 0 unspecified atom stereocenters. The maximum Gasteiger partial charge on any atom is 0.157 e. The Hall–Kier alpha value is -1.26. The van der Waals surface area contributed by atoms with E-state index in [2.05, 4.69) is 0 Å². The van der Waals surface area contributed by atoms with Crippen molar-refractivity contribution in [1.82, 2.24) is 0 Å². The standard InChI is InChI=1S/C9H13NO3/c1-5(10)9(13)6-2-3-7(11)8(12)4-6/h2-5,9,11-13H,10H2,1H3/t5-,9-/m1/s1. The summed E-state index contributed by atoms with van der Waals surface area (Å²) in [5.41, 5.74) is 5.95. The van der Waals surface area contributed by atoms with Gasteiger partial charge in [0.05, 0.1) is 6.10 Å². The topological polar surface area (TPSA) is 86.7 Å². The largest absolute Gasteiger partial charge is 0.504 e. The van der Waals surface area contributed by atoms with E-state index >= 15 is 0 Å². The van der Waals surface area contributed by atoms with Gasteiger partial charge in [-0.05, 0) is 24.6 Å².